The van der Waals surface area contributed by atoms with Crippen molar-refractivity contribution in [1.29, 1.82) is 0 Å². The van der Waals surface area contributed by atoms with Gasteiger partial charge in [-0.15, -0.1) is 12.4 Å². The Morgan fingerprint density at radius 3 is 2.65 bits per heavy atom. The highest BCUT2D eigenvalue weighted by Crippen LogP contribution is 2.23. The number of carbonyl (C=O) groups excluding carboxylic acids is 1. The van der Waals surface area contributed by atoms with E-state index in [1.807, 2.05) is 0 Å². The van der Waals surface area contributed by atoms with E-state index in [0.29, 0.717) is 17.3 Å². The number of ether oxygens (including phenoxy) is 1. The zero-order valence-electron chi connectivity index (χ0n) is 8.86. The molecule has 1 saturated carbocycles. The van der Waals surface area contributed by atoms with Crippen LogP contribution in [0.15, 0.2) is 22.7 Å². The molecule has 0 amide bonds. The molecule has 0 aromatic heterocycles. The highest BCUT2D eigenvalue weighted by atomic mass is 79.9. The van der Waals surface area contributed by atoms with Gasteiger partial charge < -0.3 is 10.5 Å². The molecule has 1 aliphatic rings. The van der Waals surface area contributed by atoms with Crippen LogP contribution in [-0.4, -0.2) is 18.1 Å². The molecule has 0 heterocycles. The van der Waals surface area contributed by atoms with Gasteiger partial charge in [0.25, 0.3) is 0 Å². The minimum absolute atomic E-state index is 0. The summed E-state index contributed by atoms with van der Waals surface area (Å²) in [6, 6.07) is 4.35. The SMILES string of the molecule is Cl.N[C@H]1C[C@@H](OC(=O)c2ccc(Br)cc2F)C1. The molecule has 0 saturated heterocycles. The lowest BCUT2D eigenvalue weighted by Gasteiger charge is -2.31. The summed E-state index contributed by atoms with van der Waals surface area (Å²) in [7, 11) is 0. The topological polar surface area (TPSA) is 52.3 Å². The Hall–Kier alpha value is -0.650. The molecule has 0 radical (unpaired) electrons. The number of hydrogen-bond acceptors (Lipinski definition) is 3. The van der Waals surface area contributed by atoms with Crippen molar-refractivity contribution in [2.75, 3.05) is 0 Å². The number of carbonyl (C=O) groups is 1. The molecule has 0 aliphatic heterocycles. The Labute approximate surface area is 113 Å². The number of halogens is 3. The van der Waals surface area contributed by atoms with E-state index in [2.05, 4.69) is 15.9 Å². The van der Waals surface area contributed by atoms with Gasteiger partial charge in [-0.1, -0.05) is 15.9 Å². The molecular weight excluding hydrogens is 312 g/mol. The largest absolute Gasteiger partial charge is 0.459 e. The summed E-state index contributed by atoms with van der Waals surface area (Å²) in [6.45, 7) is 0. The average molecular weight is 325 g/mol. The van der Waals surface area contributed by atoms with Gasteiger partial charge in [-0.05, 0) is 31.0 Å². The predicted molar refractivity (Wildman–Crippen MR) is 67.8 cm³/mol. The van der Waals surface area contributed by atoms with Crippen LogP contribution in [0.3, 0.4) is 0 Å². The highest BCUT2D eigenvalue weighted by Gasteiger charge is 2.30. The van der Waals surface area contributed by atoms with Gasteiger partial charge in [0, 0.05) is 10.5 Å². The summed E-state index contributed by atoms with van der Waals surface area (Å²) in [6.07, 6.45) is 1.15. The van der Waals surface area contributed by atoms with Gasteiger partial charge in [-0.3, -0.25) is 0 Å². The first kappa shape index (κ1) is 14.4. The Balaban J connectivity index is 0.00000144. The Morgan fingerprint density at radius 2 is 2.12 bits per heavy atom. The van der Waals surface area contributed by atoms with Crippen LogP contribution in [0.2, 0.25) is 0 Å². The second-order valence-electron chi connectivity index (χ2n) is 3.88. The molecule has 1 aliphatic carbocycles. The molecule has 1 fully saturated rings. The van der Waals surface area contributed by atoms with E-state index in [-0.39, 0.29) is 30.1 Å². The molecule has 1 aromatic rings. The van der Waals surface area contributed by atoms with Crippen LogP contribution in [0.25, 0.3) is 0 Å². The van der Waals surface area contributed by atoms with Crippen molar-refractivity contribution in [3.05, 3.63) is 34.1 Å². The van der Waals surface area contributed by atoms with Crippen LogP contribution < -0.4 is 5.73 Å². The lowest BCUT2D eigenvalue weighted by atomic mass is 9.90. The summed E-state index contributed by atoms with van der Waals surface area (Å²) in [4.78, 5) is 11.6. The Morgan fingerprint density at radius 1 is 1.47 bits per heavy atom. The third-order valence-electron chi connectivity index (χ3n) is 2.56. The maximum atomic E-state index is 13.4. The molecule has 1 aromatic carbocycles. The van der Waals surface area contributed by atoms with E-state index in [0.717, 1.165) is 0 Å². The van der Waals surface area contributed by atoms with E-state index in [1.54, 1.807) is 6.07 Å². The van der Waals surface area contributed by atoms with Crippen LogP contribution in [-0.2, 0) is 4.74 Å². The normalized spacial score (nSPS) is 22.3. The number of benzene rings is 1. The number of nitrogens with two attached hydrogens (primary N) is 1. The molecular formula is C11H12BrClFNO2. The molecule has 2 rings (SSSR count). The second kappa shape index (κ2) is 5.80. The average Bonchev–Trinajstić information content (AvgIpc) is 2.15. The maximum Gasteiger partial charge on any atom is 0.341 e. The zero-order valence-corrected chi connectivity index (χ0v) is 11.3. The molecule has 2 N–H and O–H groups in total. The Bertz CT molecular complexity index is 424. The minimum atomic E-state index is -0.623. The van der Waals surface area contributed by atoms with E-state index in [4.69, 9.17) is 10.5 Å². The van der Waals surface area contributed by atoms with Crippen molar-refractivity contribution in [2.24, 2.45) is 5.73 Å². The van der Waals surface area contributed by atoms with Gasteiger partial charge in [-0.2, -0.15) is 0 Å². The van der Waals surface area contributed by atoms with Gasteiger partial charge in [0.1, 0.15) is 11.9 Å². The fourth-order valence-electron chi connectivity index (χ4n) is 1.57. The highest BCUT2D eigenvalue weighted by molar-refractivity contribution is 9.10. The van der Waals surface area contributed by atoms with Crippen molar-refractivity contribution < 1.29 is 13.9 Å². The predicted octanol–water partition coefficient (Wildman–Crippen LogP) is 2.66. The third kappa shape index (κ3) is 3.40. The van der Waals surface area contributed by atoms with E-state index in [9.17, 15) is 9.18 Å². The number of esters is 1. The standard InChI is InChI=1S/C11H11BrFNO2.ClH/c12-6-1-2-9(10(13)3-6)11(15)16-8-4-7(14)5-8;/h1-3,7-8H,4-5,14H2;1H/t7-,8+;. The van der Waals surface area contributed by atoms with E-state index in [1.165, 1.54) is 12.1 Å². The fourth-order valence-corrected chi connectivity index (χ4v) is 1.91. The molecule has 0 atom stereocenters. The van der Waals surface area contributed by atoms with Gasteiger partial charge in [0.05, 0.1) is 5.56 Å². The van der Waals surface area contributed by atoms with Gasteiger partial charge >= 0.3 is 5.97 Å². The van der Waals surface area contributed by atoms with Crippen LogP contribution in [0, 0.1) is 5.82 Å². The Kier molecular flexibility index (Phi) is 4.91. The number of hydrogen-bond donors (Lipinski definition) is 1. The lowest BCUT2D eigenvalue weighted by molar-refractivity contribution is 0.00279. The zero-order chi connectivity index (χ0) is 11.7. The maximum absolute atomic E-state index is 13.4. The number of rotatable bonds is 2. The van der Waals surface area contributed by atoms with Crippen molar-refractivity contribution in [1.82, 2.24) is 0 Å². The summed E-state index contributed by atoms with van der Waals surface area (Å²) in [5.74, 6) is -1.20. The van der Waals surface area contributed by atoms with Crippen molar-refractivity contribution in [3.63, 3.8) is 0 Å². The van der Waals surface area contributed by atoms with E-state index < -0.39 is 11.8 Å². The quantitative estimate of drug-likeness (QED) is 0.851. The first-order valence-corrected chi connectivity index (χ1v) is 5.77. The van der Waals surface area contributed by atoms with E-state index >= 15 is 0 Å². The van der Waals surface area contributed by atoms with Crippen molar-refractivity contribution >= 4 is 34.3 Å². The molecule has 94 valence electrons. The fraction of sp³-hybridized carbons (Fsp3) is 0.364. The molecule has 0 unspecified atom stereocenters. The lowest BCUT2D eigenvalue weighted by Crippen LogP contribution is -2.42. The third-order valence-corrected chi connectivity index (χ3v) is 3.05. The van der Waals surface area contributed by atoms with Gasteiger partial charge in [-0.25, -0.2) is 9.18 Å². The summed E-state index contributed by atoms with van der Waals surface area (Å²) < 4.78 is 19.1. The smallest absolute Gasteiger partial charge is 0.341 e. The molecule has 3 nitrogen and oxygen atoms in total. The summed E-state index contributed by atoms with van der Waals surface area (Å²) >= 11 is 3.12. The second-order valence-corrected chi connectivity index (χ2v) is 4.80. The van der Waals surface area contributed by atoms with Crippen LogP contribution >= 0.6 is 28.3 Å². The first-order chi connectivity index (χ1) is 7.56. The summed E-state index contributed by atoms with van der Waals surface area (Å²) in [5, 5.41) is 0. The van der Waals surface area contributed by atoms with Gasteiger partial charge in [0.2, 0.25) is 0 Å². The van der Waals surface area contributed by atoms with Crippen molar-refractivity contribution in [2.45, 2.75) is 25.0 Å². The summed E-state index contributed by atoms with van der Waals surface area (Å²) in [5.41, 5.74) is 5.52. The first-order valence-electron chi connectivity index (χ1n) is 4.98. The van der Waals surface area contributed by atoms with Gasteiger partial charge in [0.15, 0.2) is 0 Å². The van der Waals surface area contributed by atoms with Crippen molar-refractivity contribution in [3.8, 4) is 0 Å². The molecule has 6 heteroatoms. The molecule has 0 bridgehead atoms. The monoisotopic (exact) mass is 323 g/mol. The molecule has 0 spiro atoms. The van der Waals surface area contributed by atoms with Crippen LogP contribution in [0.5, 0.6) is 0 Å². The minimum Gasteiger partial charge on any atom is -0.459 e. The van der Waals surface area contributed by atoms with Crippen LogP contribution in [0.4, 0.5) is 4.39 Å². The molecule has 17 heavy (non-hydrogen) atoms. The van der Waals surface area contributed by atoms with Crippen LogP contribution in [0.1, 0.15) is 23.2 Å².